The topological polar surface area (TPSA) is 49.3 Å². The first kappa shape index (κ1) is 16.7. The second-order valence-corrected chi connectivity index (χ2v) is 6.44. The van der Waals surface area contributed by atoms with Crippen LogP contribution in [0.4, 0.5) is 0 Å². The van der Waals surface area contributed by atoms with Gasteiger partial charge in [0.1, 0.15) is 0 Å². The van der Waals surface area contributed by atoms with Gasteiger partial charge in [0.15, 0.2) is 0 Å². The largest absolute Gasteiger partial charge is 0.396 e. The van der Waals surface area contributed by atoms with Gasteiger partial charge in [0.05, 0.1) is 12.2 Å². The van der Waals surface area contributed by atoms with Crippen molar-refractivity contribution in [2.75, 3.05) is 13.2 Å². The molecule has 3 nitrogen and oxygen atoms in total. The maximum absolute atomic E-state index is 12.1. The molecule has 19 heavy (non-hydrogen) atoms. The molecule has 1 amide bonds. The van der Waals surface area contributed by atoms with E-state index in [1.807, 2.05) is 26.0 Å². The van der Waals surface area contributed by atoms with Crippen LogP contribution in [0.2, 0.25) is 0 Å². The Kier molecular flexibility index (Phi) is 6.50. The average molecular weight is 393 g/mol. The van der Waals surface area contributed by atoms with Crippen LogP contribution in [0.15, 0.2) is 27.1 Å². The highest BCUT2D eigenvalue weighted by Gasteiger charge is 2.26. The summed E-state index contributed by atoms with van der Waals surface area (Å²) in [6.45, 7) is 4.63. The average Bonchev–Trinajstić information content (AvgIpc) is 2.40. The van der Waals surface area contributed by atoms with Crippen molar-refractivity contribution in [3.8, 4) is 0 Å². The van der Waals surface area contributed by atoms with E-state index >= 15 is 0 Å². The number of hydrogen-bond acceptors (Lipinski definition) is 2. The summed E-state index contributed by atoms with van der Waals surface area (Å²) in [4.78, 5) is 12.1. The highest BCUT2D eigenvalue weighted by Crippen LogP contribution is 2.25. The highest BCUT2D eigenvalue weighted by molar-refractivity contribution is 9.11. The van der Waals surface area contributed by atoms with E-state index in [1.165, 1.54) is 0 Å². The van der Waals surface area contributed by atoms with Crippen LogP contribution in [-0.2, 0) is 0 Å². The Morgan fingerprint density at radius 3 is 2.42 bits per heavy atom. The lowest BCUT2D eigenvalue weighted by atomic mass is 9.83. The van der Waals surface area contributed by atoms with Crippen LogP contribution in [0.5, 0.6) is 0 Å². The molecular weight excluding hydrogens is 374 g/mol. The van der Waals surface area contributed by atoms with E-state index in [4.69, 9.17) is 0 Å². The van der Waals surface area contributed by atoms with Crippen molar-refractivity contribution in [3.63, 3.8) is 0 Å². The fourth-order valence-corrected chi connectivity index (χ4v) is 3.04. The monoisotopic (exact) mass is 391 g/mol. The molecule has 0 atom stereocenters. The molecule has 1 aromatic carbocycles. The lowest BCUT2D eigenvalue weighted by molar-refractivity contribution is 0.0850. The molecular formula is C14H19Br2NO2. The number of benzene rings is 1. The minimum Gasteiger partial charge on any atom is -0.396 e. The van der Waals surface area contributed by atoms with Crippen LogP contribution < -0.4 is 5.32 Å². The van der Waals surface area contributed by atoms with Gasteiger partial charge in [-0.15, -0.1) is 0 Å². The summed E-state index contributed by atoms with van der Waals surface area (Å²) in [6.07, 6.45) is 1.67. The Morgan fingerprint density at radius 2 is 1.95 bits per heavy atom. The third-order valence-corrected chi connectivity index (χ3v) is 4.78. The zero-order valence-corrected chi connectivity index (χ0v) is 14.3. The highest BCUT2D eigenvalue weighted by atomic mass is 79.9. The van der Waals surface area contributed by atoms with Gasteiger partial charge in [-0.2, -0.15) is 0 Å². The van der Waals surface area contributed by atoms with Gasteiger partial charge in [0.2, 0.25) is 0 Å². The van der Waals surface area contributed by atoms with Gasteiger partial charge >= 0.3 is 0 Å². The van der Waals surface area contributed by atoms with Crippen molar-refractivity contribution in [2.24, 2.45) is 5.41 Å². The molecule has 0 radical (unpaired) electrons. The number of rotatable bonds is 6. The van der Waals surface area contributed by atoms with E-state index in [0.717, 1.165) is 21.8 Å². The van der Waals surface area contributed by atoms with E-state index in [-0.39, 0.29) is 17.9 Å². The zero-order valence-electron chi connectivity index (χ0n) is 11.2. The Hall–Kier alpha value is -0.390. The summed E-state index contributed by atoms with van der Waals surface area (Å²) < 4.78 is 1.67. The number of halogens is 2. The molecule has 0 spiro atoms. The Labute approximate surface area is 131 Å². The number of amides is 1. The van der Waals surface area contributed by atoms with Crippen molar-refractivity contribution in [1.82, 2.24) is 5.32 Å². The fraction of sp³-hybridized carbons (Fsp3) is 0.500. The minimum atomic E-state index is -0.225. The first-order chi connectivity index (χ1) is 8.98. The van der Waals surface area contributed by atoms with Crippen LogP contribution >= 0.6 is 31.9 Å². The third kappa shape index (κ3) is 4.29. The van der Waals surface area contributed by atoms with Crippen molar-refractivity contribution in [2.45, 2.75) is 26.7 Å². The number of nitrogens with one attached hydrogen (secondary N) is 1. The van der Waals surface area contributed by atoms with Gasteiger partial charge in [-0.3, -0.25) is 4.79 Å². The summed E-state index contributed by atoms with van der Waals surface area (Å²) in [7, 11) is 0. The third-order valence-electron chi connectivity index (χ3n) is 3.64. The molecule has 0 heterocycles. The molecule has 2 N–H and O–H groups in total. The Balaban J connectivity index is 2.75. The van der Waals surface area contributed by atoms with Crippen molar-refractivity contribution >= 4 is 37.8 Å². The maximum atomic E-state index is 12.1. The molecule has 0 unspecified atom stereocenters. The molecule has 0 aromatic heterocycles. The van der Waals surface area contributed by atoms with E-state index in [2.05, 4.69) is 37.2 Å². The van der Waals surface area contributed by atoms with Gasteiger partial charge in [-0.05, 0) is 47.0 Å². The summed E-state index contributed by atoms with van der Waals surface area (Å²) in [5, 5.41) is 12.4. The molecule has 1 aromatic rings. The Morgan fingerprint density at radius 1 is 1.32 bits per heavy atom. The number of carbonyl (C=O) groups excluding carboxylic acids is 1. The van der Waals surface area contributed by atoms with Crippen molar-refractivity contribution < 1.29 is 9.90 Å². The SMILES string of the molecule is CCC(CC)(CO)CNC(=O)c1ccc(Br)cc1Br. The number of hydrogen-bond donors (Lipinski definition) is 2. The minimum absolute atomic E-state index is 0.0851. The maximum Gasteiger partial charge on any atom is 0.252 e. The first-order valence-corrected chi connectivity index (χ1v) is 7.90. The van der Waals surface area contributed by atoms with Crippen LogP contribution in [0.1, 0.15) is 37.0 Å². The van der Waals surface area contributed by atoms with Crippen LogP contribution in [0.3, 0.4) is 0 Å². The number of carbonyl (C=O) groups is 1. The molecule has 0 fully saturated rings. The summed E-state index contributed by atoms with van der Waals surface area (Å²) >= 11 is 6.73. The van der Waals surface area contributed by atoms with E-state index in [0.29, 0.717) is 12.1 Å². The fourth-order valence-electron chi connectivity index (χ4n) is 1.82. The van der Waals surface area contributed by atoms with E-state index in [1.54, 1.807) is 6.07 Å². The van der Waals surface area contributed by atoms with Gasteiger partial charge < -0.3 is 10.4 Å². The second kappa shape index (κ2) is 7.41. The molecule has 0 bridgehead atoms. The van der Waals surface area contributed by atoms with Gasteiger partial charge in [0.25, 0.3) is 5.91 Å². The quantitative estimate of drug-likeness (QED) is 0.774. The standard InChI is InChI=1S/C14H19Br2NO2/c1-3-14(4-2,9-18)8-17-13(19)11-6-5-10(15)7-12(11)16/h5-7,18H,3-4,8-9H2,1-2H3,(H,17,19). The molecule has 0 saturated carbocycles. The predicted molar refractivity (Wildman–Crippen MR) is 84.3 cm³/mol. The normalized spacial score (nSPS) is 11.4. The van der Waals surface area contributed by atoms with Gasteiger partial charge in [0, 0.05) is 20.9 Å². The number of aliphatic hydroxyl groups excluding tert-OH is 1. The van der Waals surface area contributed by atoms with Crippen molar-refractivity contribution in [1.29, 1.82) is 0 Å². The lowest BCUT2D eigenvalue weighted by Crippen LogP contribution is -2.39. The summed E-state index contributed by atoms with van der Waals surface area (Å²) in [5.41, 5.74) is 0.375. The van der Waals surface area contributed by atoms with Gasteiger partial charge in [-0.1, -0.05) is 29.8 Å². The predicted octanol–water partition coefficient (Wildman–Crippen LogP) is 3.74. The first-order valence-electron chi connectivity index (χ1n) is 6.32. The second-order valence-electron chi connectivity index (χ2n) is 4.67. The lowest BCUT2D eigenvalue weighted by Gasteiger charge is -2.29. The molecule has 0 aliphatic carbocycles. The van der Waals surface area contributed by atoms with Crippen LogP contribution in [0, 0.1) is 5.41 Å². The Bertz CT molecular complexity index is 437. The van der Waals surface area contributed by atoms with E-state index < -0.39 is 0 Å². The van der Waals surface area contributed by atoms with Gasteiger partial charge in [-0.25, -0.2) is 0 Å². The van der Waals surface area contributed by atoms with Crippen LogP contribution in [0.25, 0.3) is 0 Å². The molecule has 0 aliphatic rings. The molecule has 0 saturated heterocycles. The number of aliphatic hydroxyl groups is 1. The smallest absolute Gasteiger partial charge is 0.252 e. The molecule has 1 rings (SSSR count). The zero-order chi connectivity index (χ0) is 14.5. The van der Waals surface area contributed by atoms with Crippen molar-refractivity contribution in [3.05, 3.63) is 32.7 Å². The molecule has 106 valence electrons. The van der Waals surface area contributed by atoms with Crippen LogP contribution in [-0.4, -0.2) is 24.2 Å². The summed E-state index contributed by atoms with van der Waals surface area (Å²) in [6, 6.07) is 5.44. The molecule has 0 aliphatic heterocycles. The summed E-state index contributed by atoms with van der Waals surface area (Å²) in [5.74, 6) is -0.126. The molecule has 5 heteroatoms. The van der Waals surface area contributed by atoms with E-state index in [9.17, 15) is 9.90 Å².